The van der Waals surface area contributed by atoms with Gasteiger partial charge in [0, 0.05) is 36.3 Å². The average molecular weight is 418 g/mol. The van der Waals surface area contributed by atoms with Gasteiger partial charge in [0.25, 0.3) is 12.4 Å². The molecule has 1 aromatic carbocycles. The maximum Gasteiger partial charge on any atom is 0.283 e. The number of alkyl halides is 2. The van der Waals surface area contributed by atoms with Crippen molar-refractivity contribution in [2.24, 2.45) is 16.6 Å². The van der Waals surface area contributed by atoms with Crippen LogP contribution in [0.4, 0.5) is 13.2 Å². The van der Waals surface area contributed by atoms with Crippen LogP contribution < -0.4 is 10.5 Å². The van der Waals surface area contributed by atoms with E-state index >= 15 is 0 Å². The van der Waals surface area contributed by atoms with E-state index in [1.54, 1.807) is 29.2 Å². The summed E-state index contributed by atoms with van der Waals surface area (Å²) in [5.74, 6) is -0.159. The van der Waals surface area contributed by atoms with Crippen LogP contribution in [0.25, 0.3) is 11.1 Å². The van der Waals surface area contributed by atoms with Crippen molar-refractivity contribution in [2.75, 3.05) is 26.2 Å². The van der Waals surface area contributed by atoms with E-state index in [1.807, 2.05) is 6.07 Å². The van der Waals surface area contributed by atoms with Crippen molar-refractivity contribution in [2.45, 2.75) is 24.5 Å². The molecular formula is C21H21F3N4O2. The Morgan fingerprint density at radius 2 is 2.17 bits per heavy atom. The third-order valence-corrected chi connectivity index (χ3v) is 6.19. The van der Waals surface area contributed by atoms with Crippen LogP contribution in [0.5, 0.6) is 5.75 Å². The third-order valence-electron chi connectivity index (χ3n) is 6.19. The van der Waals surface area contributed by atoms with Gasteiger partial charge in [0.05, 0.1) is 6.54 Å². The van der Waals surface area contributed by atoms with E-state index < -0.39 is 17.9 Å². The molecule has 2 N–H and O–H groups in total. The lowest BCUT2D eigenvalue weighted by atomic mass is 9.71. The second kappa shape index (κ2) is 7.16. The Kier molecular flexibility index (Phi) is 4.57. The molecule has 1 saturated heterocycles. The first-order valence-corrected chi connectivity index (χ1v) is 9.87. The Bertz CT molecular complexity index is 1000. The van der Waals surface area contributed by atoms with E-state index in [0.29, 0.717) is 36.4 Å². The van der Waals surface area contributed by atoms with Gasteiger partial charge in [0.1, 0.15) is 24.0 Å². The predicted octanol–water partition coefficient (Wildman–Crippen LogP) is 2.78. The van der Waals surface area contributed by atoms with Crippen LogP contribution in [0.15, 0.2) is 41.5 Å². The lowest BCUT2D eigenvalue weighted by Crippen LogP contribution is -2.57. The number of hydrogen-bond acceptors (Lipinski definition) is 6. The van der Waals surface area contributed by atoms with Gasteiger partial charge in [0.2, 0.25) is 5.95 Å². The number of halogens is 3. The van der Waals surface area contributed by atoms with Gasteiger partial charge in [-0.25, -0.2) is 18.8 Å². The molecular weight excluding hydrogens is 397 g/mol. The van der Waals surface area contributed by atoms with Crippen LogP contribution in [-0.4, -0.2) is 54.7 Å². The summed E-state index contributed by atoms with van der Waals surface area (Å²) in [5.41, 5.74) is 6.74. The number of benzene rings is 1. The second-order valence-electron chi connectivity index (χ2n) is 7.92. The summed E-state index contributed by atoms with van der Waals surface area (Å²) >= 11 is 0. The number of hydrogen-bond donors (Lipinski definition) is 1. The smallest absolute Gasteiger partial charge is 0.283 e. The fourth-order valence-corrected chi connectivity index (χ4v) is 4.83. The first-order chi connectivity index (χ1) is 14.5. The highest BCUT2D eigenvalue weighted by Gasteiger charge is 2.55. The van der Waals surface area contributed by atoms with Crippen LogP contribution in [0.2, 0.25) is 0 Å². The molecule has 0 bridgehead atoms. The summed E-state index contributed by atoms with van der Waals surface area (Å²) < 4.78 is 52.1. The third kappa shape index (κ3) is 3.08. The Morgan fingerprint density at radius 3 is 2.90 bits per heavy atom. The molecule has 2 unspecified atom stereocenters. The number of rotatable bonds is 3. The van der Waals surface area contributed by atoms with Crippen molar-refractivity contribution >= 4 is 6.02 Å². The van der Waals surface area contributed by atoms with Crippen LogP contribution >= 0.6 is 0 Å². The molecule has 0 aliphatic carbocycles. The molecule has 3 atom stereocenters. The molecule has 1 aromatic heterocycles. The van der Waals surface area contributed by atoms with E-state index in [9.17, 15) is 13.2 Å². The molecule has 0 saturated carbocycles. The number of aliphatic imine (C=N–C) groups is 1. The van der Waals surface area contributed by atoms with Crippen molar-refractivity contribution in [1.29, 1.82) is 0 Å². The number of likely N-dealkylation sites (tertiary alicyclic amines) is 1. The monoisotopic (exact) mass is 418 g/mol. The quantitative estimate of drug-likeness (QED) is 0.776. The average Bonchev–Trinajstić information content (AvgIpc) is 3.11. The first kappa shape index (κ1) is 19.2. The normalized spacial score (nSPS) is 27.9. The summed E-state index contributed by atoms with van der Waals surface area (Å²) in [7, 11) is 0. The van der Waals surface area contributed by atoms with E-state index in [1.165, 1.54) is 6.20 Å². The zero-order valence-corrected chi connectivity index (χ0v) is 16.1. The van der Waals surface area contributed by atoms with Gasteiger partial charge in [-0.2, -0.15) is 4.39 Å². The second-order valence-corrected chi connectivity index (χ2v) is 7.92. The van der Waals surface area contributed by atoms with Crippen molar-refractivity contribution in [3.8, 4) is 16.9 Å². The summed E-state index contributed by atoms with van der Waals surface area (Å²) in [6, 6.07) is 8.77. The Labute approximate surface area is 171 Å². The molecule has 30 heavy (non-hydrogen) atoms. The van der Waals surface area contributed by atoms with Gasteiger partial charge in [0.15, 0.2) is 0 Å². The fourth-order valence-electron chi connectivity index (χ4n) is 4.83. The lowest BCUT2D eigenvalue weighted by molar-refractivity contribution is -0.0371. The standard InChI is InChI=1S/C21H21F3N4O2/c22-18(23)10-28-7-5-17-15(9-28)21(11-29-20(25)27-21)14-8-12(3-4-16(14)30-17)13-2-1-6-26-19(13)24/h1-4,6,8,15,17-18H,5,7,9-11H2,(H2,25,27)/t15?,17-,21?/m0/s1. The summed E-state index contributed by atoms with van der Waals surface area (Å²) in [5, 5.41) is 0. The number of aromatic nitrogens is 1. The molecule has 1 fully saturated rings. The summed E-state index contributed by atoms with van der Waals surface area (Å²) in [6.07, 6.45) is -0.608. The number of nitrogens with zero attached hydrogens (tertiary/aromatic N) is 3. The molecule has 0 amide bonds. The van der Waals surface area contributed by atoms with Crippen LogP contribution in [0.1, 0.15) is 12.0 Å². The van der Waals surface area contributed by atoms with Crippen LogP contribution in [-0.2, 0) is 10.3 Å². The van der Waals surface area contributed by atoms with Gasteiger partial charge < -0.3 is 15.2 Å². The molecule has 3 aliphatic heterocycles. The molecule has 9 heteroatoms. The van der Waals surface area contributed by atoms with E-state index in [4.69, 9.17) is 15.2 Å². The van der Waals surface area contributed by atoms with Gasteiger partial charge in [-0.3, -0.25) is 4.90 Å². The first-order valence-electron chi connectivity index (χ1n) is 9.87. The Morgan fingerprint density at radius 1 is 1.30 bits per heavy atom. The summed E-state index contributed by atoms with van der Waals surface area (Å²) in [4.78, 5) is 10.1. The Balaban J connectivity index is 1.60. The van der Waals surface area contributed by atoms with E-state index in [2.05, 4.69) is 9.98 Å². The maximum atomic E-state index is 14.3. The number of ether oxygens (including phenoxy) is 2. The van der Waals surface area contributed by atoms with Crippen molar-refractivity contribution in [3.05, 3.63) is 48.0 Å². The zero-order valence-electron chi connectivity index (χ0n) is 16.1. The molecule has 2 aromatic rings. The minimum atomic E-state index is -2.41. The van der Waals surface area contributed by atoms with Gasteiger partial charge in [-0.1, -0.05) is 6.07 Å². The van der Waals surface area contributed by atoms with Gasteiger partial charge >= 0.3 is 0 Å². The minimum absolute atomic E-state index is 0.0607. The number of pyridine rings is 1. The number of nitrogens with two attached hydrogens (primary N) is 1. The van der Waals surface area contributed by atoms with Gasteiger partial charge in [-0.05, 0) is 36.2 Å². The van der Waals surface area contributed by atoms with Crippen molar-refractivity contribution in [3.63, 3.8) is 0 Å². The van der Waals surface area contributed by atoms with E-state index in [0.717, 1.165) is 5.56 Å². The highest BCUT2D eigenvalue weighted by molar-refractivity contribution is 5.75. The minimum Gasteiger partial charge on any atom is -0.490 e. The topological polar surface area (TPSA) is 73.0 Å². The molecule has 158 valence electrons. The van der Waals surface area contributed by atoms with E-state index in [-0.39, 0.29) is 31.2 Å². The van der Waals surface area contributed by atoms with Crippen LogP contribution in [0.3, 0.4) is 0 Å². The molecule has 3 aliphatic rings. The fraction of sp³-hybridized carbons (Fsp3) is 0.429. The molecule has 4 heterocycles. The number of fused-ring (bicyclic) bond motifs is 4. The largest absolute Gasteiger partial charge is 0.490 e. The van der Waals surface area contributed by atoms with Crippen molar-refractivity contribution < 1.29 is 22.6 Å². The molecule has 6 nitrogen and oxygen atoms in total. The zero-order chi connectivity index (χ0) is 20.9. The number of amidine groups is 1. The predicted molar refractivity (Wildman–Crippen MR) is 104 cm³/mol. The SMILES string of the molecule is NC1=NC2(CO1)c1cc(-c3cccnc3F)ccc1O[C@H]1CCN(CC(F)F)CC12. The molecule has 1 spiro atoms. The summed E-state index contributed by atoms with van der Waals surface area (Å²) in [6.45, 7) is 0.807. The molecule has 0 radical (unpaired) electrons. The highest BCUT2D eigenvalue weighted by Crippen LogP contribution is 2.51. The Hall–Kier alpha value is -2.81. The number of piperidine rings is 1. The van der Waals surface area contributed by atoms with Gasteiger partial charge in [-0.15, -0.1) is 0 Å². The lowest BCUT2D eigenvalue weighted by Gasteiger charge is -2.48. The highest BCUT2D eigenvalue weighted by atomic mass is 19.3. The van der Waals surface area contributed by atoms with Crippen LogP contribution in [0, 0.1) is 11.9 Å². The molecule has 5 rings (SSSR count). The maximum absolute atomic E-state index is 14.3. The van der Waals surface area contributed by atoms with Crippen molar-refractivity contribution in [1.82, 2.24) is 9.88 Å².